The number of hydrogen-bond donors (Lipinski definition) is 2. The molecule has 0 atom stereocenters. The first kappa shape index (κ1) is 15.8. The molecule has 3 aromatic rings. The van der Waals surface area contributed by atoms with Crippen molar-refractivity contribution in [3.05, 3.63) is 54.6 Å². The molecule has 1 aromatic carbocycles. The van der Waals surface area contributed by atoms with Crippen LogP contribution in [0.3, 0.4) is 0 Å². The number of aromatic nitrogens is 3. The Balaban J connectivity index is 1.71. The van der Waals surface area contributed by atoms with Crippen molar-refractivity contribution >= 4 is 5.95 Å². The Morgan fingerprint density at radius 2 is 1.64 bits per heavy atom. The summed E-state index contributed by atoms with van der Waals surface area (Å²) in [5.74, 6) is 0.531. The van der Waals surface area contributed by atoms with Crippen LogP contribution < -0.4 is 5.32 Å². The SMILES string of the molecule is Fc1ccc(-c2nc(NC3CCCCC3)[nH]c2-c2ccncc2)cc1. The van der Waals surface area contributed by atoms with Gasteiger partial charge in [-0.25, -0.2) is 9.37 Å². The Bertz CT molecular complexity index is 821. The molecule has 0 bridgehead atoms. The van der Waals surface area contributed by atoms with E-state index in [2.05, 4.69) is 15.3 Å². The van der Waals surface area contributed by atoms with E-state index in [9.17, 15) is 4.39 Å². The highest BCUT2D eigenvalue weighted by atomic mass is 19.1. The lowest BCUT2D eigenvalue weighted by molar-refractivity contribution is 0.461. The Morgan fingerprint density at radius 3 is 2.36 bits per heavy atom. The third-order valence-electron chi connectivity index (χ3n) is 4.74. The Labute approximate surface area is 146 Å². The lowest BCUT2D eigenvalue weighted by Gasteiger charge is -2.22. The van der Waals surface area contributed by atoms with Crippen LogP contribution in [-0.2, 0) is 0 Å². The number of halogens is 1. The minimum atomic E-state index is -0.245. The van der Waals surface area contributed by atoms with E-state index in [4.69, 9.17) is 4.98 Å². The summed E-state index contributed by atoms with van der Waals surface area (Å²) in [6.07, 6.45) is 9.73. The number of benzene rings is 1. The average molecular weight is 336 g/mol. The molecule has 2 N–H and O–H groups in total. The first-order chi connectivity index (χ1) is 12.3. The van der Waals surface area contributed by atoms with Crippen molar-refractivity contribution in [2.75, 3.05) is 5.32 Å². The molecule has 0 spiro atoms. The molecule has 0 amide bonds. The molecule has 4 nitrogen and oxygen atoms in total. The van der Waals surface area contributed by atoms with Gasteiger partial charge in [-0.3, -0.25) is 4.98 Å². The zero-order valence-corrected chi connectivity index (χ0v) is 14.0. The Morgan fingerprint density at radius 1 is 0.920 bits per heavy atom. The van der Waals surface area contributed by atoms with E-state index < -0.39 is 0 Å². The zero-order chi connectivity index (χ0) is 17.1. The minimum absolute atomic E-state index is 0.245. The molecule has 2 aromatic heterocycles. The van der Waals surface area contributed by atoms with Crippen molar-refractivity contribution in [3.63, 3.8) is 0 Å². The van der Waals surface area contributed by atoms with Gasteiger partial charge in [-0.2, -0.15) is 0 Å². The second-order valence-corrected chi connectivity index (χ2v) is 6.53. The van der Waals surface area contributed by atoms with E-state index in [-0.39, 0.29) is 5.82 Å². The lowest BCUT2D eigenvalue weighted by atomic mass is 9.96. The van der Waals surface area contributed by atoms with Crippen LogP contribution in [0.1, 0.15) is 32.1 Å². The van der Waals surface area contributed by atoms with Crippen molar-refractivity contribution in [1.82, 2.24) is 15.0 Å². The van der Waals surface area contributed by atoms with E-state index >= 15 is 0 Å². The molecule has 0 radical (unpaired) electrons. The molecule has 4 rings (SSSR count). The van der Waals surface area contributed by atoms with Crippen LogP contribution in [0.5, 0.6) is 0 Å². The molecule has 0 unspecified atom stereocenters. The quantitative estimate of drug-likeness (QED) is 0.703. The molecule has 1 aliphatic carbocycles. The molecule has 2 heterocycles. The van der Waals surface area contributed by atoms with E-state index in [0.717, 1.165) is 28.5 Å². The summed E-state index contributed by atoms with van der Waals surface area (Å²) in [4.78, 5) is 12.3. The van der Waals surface area contributed by atoms with Crippen molar-refractivity contribution in [1.29, 1.82) is 0 Å². The minimum Gasteiger partial charge on any atom is -0.353 e. The number of nitrogens with zero attached hydrogens (tertiary/aromatic N) is 2. The molecular formula is C20H21FN4. The normalized spacial score (nSPS) is 15.2. The van der Waals surface area contributed by atoms with Crippen molar-refractivity contribution in [2.24, 2.45) is 0 Å². The van der Waals surface area contributed by atoms with Crippen molar-refractivity contribution in [3.8, 4) is 22.5 Å². The van der Waals surface area contributed by atoms with E-state index in [0.29, 0.717) is 6.04 Å². The summed E-state index contributed by atoms with van der Waals surface area (Å²) >= 11 is 0. The molecule has 1 fully saturated rings. The Hall–Kier alpha value is -2.69. The number of rotatable bonds is 4. The number of imidazole rings is 1. The van der Waals surface area contributed by atoms with Gasteiger partial charge in [0.2, 0.25) is 5.95 Å². The van der Waals surface area contributed by atoms with Crippen LogP contribution in [0.2, 0.25) is 0 Å². The largest absolute Gasteiger partial charge is 0.353 e. The summed E-state index contributed by atoms with van der Waals surface area (Å²) in [6, 6.07) is 10.8. The lowest BCUT2D eigenvalue weighted by Crippen LogP contribution is -2.22. The fourth-order valence-corrected chi connectivity index (χ4v) is 3.43. The smallest absolute Gasteiger partial charge is 0.201 e. The van der Waals surface area contributed by atoms with Gasteiger partial charge in [0, 0.05) is 29.6 Å². The second-order valence-electron chi connectivity index (χ2n) is 6.53. The van der Waals surface area contributed by atoms with Gasteiger partial charge in [-0.05, 0) is 49.2 Å². The topological polar surface area (TPSA) is 53.6 Å². The van der Waals surface area contributed by atoms with Crippen LogP contribution >= 0.6 is 0 Å². The number of H-pyrrole nitrogens is 1. The van der Waals surface area contributed by atoms with Gasteiger partial charge >= 0.3 is 0 Å². The van der Waals surface area contributed by atoms with Gasteiger partial charge in [0.1, 0.15) is 5.82 Å². The zero-order valence-electron chi connectivity index (χ0n) is 14.0. The van der Waals surface area contributed by atoms with Crippen LogP contribution in [0.15, 0.2) is 48.8 Å². The first-order valence-corrected chi connectivity index (χ1v) is 8.82. The van der Waals surface area contributed by atoms with E-state index in [1.54, 1.807) is 24.5 Å². The Kier molecular flexibility index (Phi) is 4.46. The number of nitrogens with one attached hydrogen (secondary N) is 2. The maximum atomic E-state index is 13.3. The van der Waals surface area contributed by atoms with Crippen LogP contribution in [0, 0.1) is 5.82 Å². The fraction of sp³-hybridized carbons (Fsp3) is 0.300. The van der Waals surface area contributed by atoms with Gasteiger partial charge < -0.3 is 10.3 Å². The van der Waals surface area contributed by atoms with Gasteiger partial charge in [0.15, 0.2) is 0 Å². The summed E-state index contributed by atoms with van der Waals surface area (Å²) in [6.45, 7) is 0. The van der Waals surface area contributed by atoms with Gasteiger partial charge in [0.25, 0.3) is 0 Å². The standard InChI is InChI=1S/C20H21FN4/c21-16-8-6-14(7-9-16)18-19(15-10-12-22-13-11-15)25-20(24-18)23-17-4-2-1-3-5-17/h6-13,17H,1-5H2,(H2,23,24,25). The fourth-order valence-electron chi connectivity index (χ4n) is 3.43. The summed E-state index contributed by atoms with van der Waals surface area (Å²) < 4.78 is 13.3. The van der Waals surface area contributed by atoms with Crippen LogP contribution in [0.25, 0.3) is 22.5 Å². The molecular weight excluding hydrogens is 315 g/mol. The highest BCUT2D eigenvalue weighted by molar-refractivity contribution is 5.79. The van der Waals surface area contributed by atoms with Crippen molar-refractivity contribution < 1.29 is 4.39 Å². The number of hydrogen-bond acceptors (Lipinski definition) is 3. The maximum absolute atomic E-state index is 13.3. The van der Waals surface area contributed by atoms with Crippen LogP contribution in [0.4, 0.5) is 10.3 Å². The predicted octanol–water partition coefficient (Wildman–Crippen LogP) is 5.02. The van der Waals surface area contributed by atoms with E-state index in [1.165, 1.54) is 44.2 Å². The molecule has 1 aliphatic rings. The van der Waals surface area contributed by atoms with Crippen molar-refractivity contribution in [2.45, 2.75) is 38.1 Å². The summed E-state index contributed by atoms with van der Waals surface area (Å²) in [5.41, 5.74) is 3.65. The molecule has 1 saturated carbocycles. The van der Waals surface area contributed by atoms with Crippen LogP contribution in [-0.4, -0.2) is 21.0 Å². The molecule has 128 valence electrons. The highest BCUT2D eigenvalue weighted by Gasteiger charge is 2.18. The molecule has 25 heavy (non-hydrogen) atoms. The first-order valence-electron chi connectivity index (χ1n) is 8.82. The summed E-state index contributed by atoms with van der Waals surface area (Å²) in [7, 11) is 0. The highest BCUT2D eigenvalue weighted by Crippen LogP contribution is 2.32. The molecule has 0 saturated heterocycles. The molecule has 0 aliphatic heterocycles. The monoisotopic (exact) mass is 336 g/mol. The van der Waals surface area contributed by atoms with Gasteiger partial charge in [0.05, 0.1) is 11.4 Å². The summed E-state index contributed by atoms with van der Waals surface area (Å²) in [5, 5.41) is 3.54. The van der Waals surface area contributed by atoms with Gasteiger partial charge in [-0.1, -0.05) is 19.3 Å². The van der Waals surface area contributed by atoms with Gasteiger partial charge in [-0.15, -0.1) is 0 Å². The maximum Gasteiger partial charge on any atom is 0.201 e. The third kappa shape index (κ3) is 3.55. The second kappa shape index (κ2) is 7.05. The number of anilines is 1. The average Bonchev–Trinajstić information content (AvgIpc) is 3.08. The number of pyridine rings is 1. The molecule has 5 heteroatoms. The number of aromatic amines is 1. The third-order valence-corrected chi connectivity index (χ3v) is 4.74. The predicted molar refractivity (Wildman–Crippen MR) is 97.7 cm³/mol. The van der Waals surface area contributed by atoms with E-state index in [1.807, 2.05) is 12.1 Å².